The number of alkyl halides is 3. The van der Waals surface area contributed by atoms with Crippen molar-refractivity contribution in [1.82, 2.24) is 5.43 Å². The summed E-state index contributed by atoms with van der Waals surface area (Å²) in [5, 5.41) is 17.0. The number of hydrogen-bond donors (Lipinski definition) is 1. The highest BCUT2D eigenvalue weighted by atomic mass is 35.5. The Morgan fingerprint density at radius 1 is 1.35 bits per heavy atom. The quantitative estimate of drug-likeness (QED) is 0.679. The molecule has 0 saturated carbocycles. The Labute approximate surface area is 123 Å². The third kappa shape index (κ3) is 4.17. The number of nitriles is 2. The molecule has 0 amide bonds. The van der Waals surface area contributed by atoms with Gasteiger partial charge in [-0.1, -0.05) is 11.6 Å². The van der Waals surface area contributed by atoms with Gasteiger partial charge in [0.25, 0.3) is 0 Å². The van der Waals surface area contributed by atoms with E-state index < -0.39 is 17.8 Å². The Balaban J connectivity index is 2.93. The van der Waals surface area contributed by atoms with Crippen molar-refractivity contribution in [1.29, 1.82) is 10.5 Å². The van der Waals surface area contributed by atoms with Gasteiger partial charge in [-0.05, 0) is 18.2 Å². The molecule has 0 aliphatic heterocycles. The molecular formula is C11H7Cl2F3N4. The first-order valence-corrected chi connectivity index (χ1v) is 5.86. The summed E-state index contributed by atoms with van der Waals surface area (Å²) in [6, 6.07) is 5.23. The van der Waals surface area contributed by atoms with E-state index in [4.69, 9.17) is 33.9 Å². The minimum absolute atomic E-state index is 0.0412. The van der Waals surface area contributed by atoms with Gasteiger partial charge in [0.2, 0.25) is 0 Å². The third-order valence-corrected chi connectivity index (χ3v) is 2.79. The number of anilines is 1. The Morgan fingerprint density at radius 3 is 2.45 bits per heavy atom. The van der Waals surface area contributed by atoms with E-state index in [1.807, 2.05) is 0 Å². The fraction of sp³-hybridized carbons (Fsp3) is 0.273. The predicted molar refractivity (Wildman–Crippen MR) is 67.6 cm³/mol. The number of benzene rings is 1. The summed E-state index contributed by atoms with van der Waals surface area (Å²) in [7, 11) is 0. The van der Waals surface area contributed by atoms with Crippen molar-refractivity contribution in [2.24, 2.45) is 0 Å². The SMILES string of the molecule is N#CCC(C#N)NN(Cl)c1ccc(C(F)(F)F)cc1Cl. The summed E-state index contributed by atoms with van der Waals surface area (Å²) < 4.78 is 38.2. The Morgan fingerprint density at radius 2 is 2.00 bits per heavy atom. The monoisotopic (exact) mass is 322 g/mol. The molecule has 1 aromatic carbocycles. The molecule has 4 nitrogen and oxygen atoms in total. The van der Waals surface area contributed by atoms with Gasteiger partial charge >= 0.3 is 6.18 Å². The molecule has 0 bridgehead atoms. The second-order valence-electron chi connectivity index (χ2n) is 3.62. The zero-order valence-corrected chi connectivity index (χ0v) is 11.3. The molecule has 0 heterocycles. The molecule has 20 heavy (non-hydrogen) atoms. The lowest BCUT2D eigenvalue weighted by atomic mass is 10.2. The van der Waals surface area contributed by atoms with E-state index in [2.05, 4.69) is 5.43 Å². The van der Waals surface area contributed by atoms with Gasteiger partial charge in [0.05, 0.1) is 34.8 Å². The third-order valence-electron chi connectivity index (χ3n) is 2.21. The highest BCUT2D eigenvalue weighted by Gasteiger charge is 2.31. The molecule has 0 aliphatic carbocycles. The Kier molecular flexibility index (Phi) is 5.46. The zero-order valence-electron chi connectivity index (χ0n) is 9.75. The van der Waals surface area contributed by atoms with Gasteiger partial charge in [-0.3, -0.25) is 0 Å². The first-order valence-electron chi connectivity index (χ1n) is 5.15. The van der Waals surface area contributed by atoms with E-state index in [1.54, 1.807) is 12.1 Å². The molecule has 1 rings (SSSR count). The molecule has 1 N–H and O–H groups in total. The lowest BCUT2D eigenvalue weighted by Gasteiger charge is -2.21. The van der Waals surface area contributed by atoms with Crippen molar-refractivity contribution >= 4 is 29.1 Å². The number of hydrazine groups is 1. The summed E-state index contributed by atoms with van der Waals surface area (Å²) in [5.41, 5.74) is 1.56. The Hall–Kier alpha value is -1.67. The van der Waals surface area contributed by atoms with Crippen molar-refractivity contribution in [3.63, 3.8) is 0 Å². The minimum atomic E-state index is -4.51. The molecular weight excluding hydrogens is 316 g/mol. The van der Waals surface area contributed by atoms with Gasteiger partial charge in [0.15, 0.2) is 0 Å². The molecule has 9 heteroatoms. The van der Waals surface area contributed by atoms with E-state index in [-0.39, 0.29) is 17.1 Å². The molecule has 106 valence electrons. The van der Waals surface area contributed by atoms with Crippen molar-refractivity contribution < 1.29 is 13.2 Å². The fourth-order valence-electron chi connectivity index (χ4n) is 1.26. The normalized spacial score (nSPS) is 12.3. The van der Waals surface area contributed by atoms with Crippen molar-refractivity contribution in [2.45, 2.75) is 18.6 Å². The average Bonchev–Trinajstić information content (AvgIpc) is 2.36. The van der Waals surface area contributed by atoms with Gasteiger partial charge in [0, 0.05) is 11.8 Å². The molecule has 1 aromatic rings. The summed E-state index contributed by atoms with van der Waals surface area (Å²) in [6.07, 6.45) is -4.65. The van der Waals surface area contributed by atoms with Gasteiger partial charge < -0.3 is 0 Å². The summed E-state index contributed by atoms with van der Waals surface area (Å²) in [5.74, 6) is 0. The number of nitrogens with one attached hydrogen (secondary N) is 1. The van der Waals surface area contributed by atoms with Crippen LogP contribution in [0, 0.1) is 22.7 Å². The van der Waals surface area contributed by atoms with Crippen LogP contribution in [0.2, 0.25) is 5.02 Å². The number of rotatable bonds is 4. The van der Waals surface area contributed by atoms with E-state index in [0.717, 1.165) is 22.7 Å². The van der Waals surface area contributed by atoms with Crippen LogP contribution in [-0.2, 0) is 6.18 Å². The van der Waals surface area contributed by atoms with Gasteiger partial charge in [-0.25, -0.2) is 9.95 Å². The van der Waals surface area contributed by atoms with Crippen LogP contribution in [0.15, 0.2) is 18.2 Å². The van der Waals surface area contributed by atoms with Crippen LogP contribution in [0.3, 0.4) is 0 Å². The lowest BCUT2D eigenvalue weighted by molar-refractivity contribution is -0.137. The highest BCUT2D eigenvalue weighted by molar-refractivity contribution is 6.36. The van der Waals surface area contributed by atoms with Gasteiger partial charge in [0.1, 0.15) is 6.04 Å². The topological polar surface area (TPSA) is 62.9 Å². The summed E-state index contributed by atoms with van der Waals surface area (Å²) in [4.78, 5) is 0. The van der Waals surface area contributed by atoms with Crippen LogP contribution in [0.1, 0.15) is 12.0 Å². The van der Waals surface area contributed by atoms with E-state index in [9.17, 15) is 13.2 Å². The molecule has 0 saturated heterocycles. The first kappa shape index (κ1) is 16.4. The van der Waals surface area contributed by atoms with Crippen LogP contribution >= 0.6 is 23.4 Å². The van der Waals surface area contributed by atoms with Crippen molar-refractivity contribution in [3.8, 4) is 12.1 Å². The van der Waals surface area contributed by atoms with Crippen LogP contribution in [0.4, 0.5) is 18.9 Å². The zero-order chi connectivity index (χ0) is 15.3. The standard InChI is InChI=1S/C11H7Cl2F3N4/c12-9-5-7(11(14,15)16)1-2-10(9)20(13)19-8(6-18)3-4-17/h1-2,5,8,19H,3H2. The Bertz CT molecular complexity index is 562. The smallest absolute Gasteiger partial charge is 0.215 e. The molecule has 0 fully saturated rings. The number of nitrogens with zero attached hydrogens (tertiary/aromatic N) is 3. The lowest BCUT2D eigenvalue weighted by Crippen LogP contribution is -2.38. The first-order chi connectivity index (χ1) is 9.29. The predicted octanol–water partition coefficient (Wildman–Crippen LogP) is 3.63. The van der Waals surface area contributed by atoms with Crippen LogP contribution < -0.4 is 9.95 Å². The maximum atomic E-state index is 12.5. The second kappa shape index (κ2) is 6.67. The van der Waals surface area contributed by atoms with Crippen LogP contribution in [-0.4, -0.2) is 6.04 Å². The highest BCUT2D eigenvalue weighted by Crippen LogP contribution is 2.35. The van der Waals surface area contributed by atoms with E-state index in [0.29, 0.717) is 0 Å². The molecule has 0 aliphatic rings. The summed E-state index contributed by atoms with van der Waals surface area (Å²) >= 11 is 11.5. The summed E-state index contributed by atoms with van der Waals surface area (Å²) in [6.45, 7) is 0. The molecule has 0 radical (unpaired) electrons. The fourth-order valence-corrected chi connectivity index (χ4v) is 1.83. The second-order valence-corrected chi connectivity index (χ2v) is 4.36. The van der Waals surface area contributed by atoms with Crippen molar-refractivity contribution in [3.05, 3.63) is 28.8 Å². The maximum Gasteiger partial charge on any atom is 0.416 e. The average molecular weight is 323 g/mol. The molecule has 0 aromatic heterocycles. The van der Waals surface area contributed by atoms with Crippen LogP contribution in [0.5, 0.6) is 0 Å². The largest absolute Gasteiger partial charge is 0.416 e. The van der Waals surface area contributed by atoms with E-state index >= 15 is 0 Å². The van der Waals surface area contributed by atoms with Gasteiger partial charge in [-0.15, -0.1) is 0 Å². The maximum absolute atomic E-state index is 12.5. The number of halogens is 5. The minimum Gasteiger partial charge on any atom is -0.215 e. The van der Waals surface area contributed by atoms with Crippen LogP contribution in [0.25, 0.3) is 0 Å². The number of hydrogen-bond acceptors (Lipinski definition) is 4. The van der Waals surface area contributed by atoms with Gasteiger partial charge in [-0.2, -0.15) is 23.7 Å². The molecule has 1 unspecified atom stereocenters. The van der Waals surface area contributed by atoms with Crippen molar-refractivity contribution in [2.75, 3.05) is 4.53 Å². The van der Waals surface area contributed by atoms with E-state index in [1.165, 1.54) is 0 Å². The molecule has 1 atom stereocenters. The molecule has 0 spiro atoms.